The molecule has 30 heavy (non-hydrogen) atoms. The Labute approximate surface area is 214 Å². The second kappa shape index (κ2) is 8.35. The van der Waals surface area contributed by atoms with Crippen molar-refractivity contribution in [1.29, 1.82) is 0 Å². The molecule has 2 aromatic rings. The van der Waals surface area contributed by atoms with Crippen molar-refractivity contribution in [2.45, 2.75) is 50.7 Å². The second-order valence-electron chi connectivity index (χ2n) is 8.78. The van der Waals surface area contributed by atoms with Gasteiger partial charge in [-0.2, -0.15) is 0 Å². The number of fused-ring (bicyclic) bond motifs is 5. The molecule has 3 aliphatic rings. The van der Waals surface area contributed by atoms with Crippen LogP contribution in [0.25, 0.3) is 16.7 Å². The maximum absolute atomic E-state index is 7.50. The van der Waals surface area contributed by atoms with Crippen molar-refractivity contribution in [2.75, 3.05) is 0 Å². The van der Waals surface area contributed by atoms with Gasteiger partial charge in [-0.05, 0) is 0 Å². The van der Waals surface area contributed by atoms with Crippen molar-refractivity contribution in [3.8, 4) is 11.1 Å². The number of hydrogen-bond donors (Lipinski definition) is 0. The van der Waals surface area contributed by atoms with E-state index in [1.807, 2.05) is 0 Å². The van der Waals surface area contributed by atoms with Crippen LogP contribution in [0.15, 0.2) is 47.1 Å². The van der Waals surface area contributed by atoms with Crippen molar-refractivity contribution >= 4 is 34.4 Å². The van der Waals surface area contributed by atoms with Gasteiger partial charge in [0.2, 0.25) is 0 Å². The fraction of sp³-hybridized carbons (Fsp3) is 0.360. The van der Waals surface area contributed by atoms with Crippen molar-refractivity contribution in [1.82, 2.24) is 0 Å². The van der Waals surface area contributed by atoms with Crippen LogP contribution in [0.3, 0.4) is 0 Å². The van der Waals surface area contributed by atoms with E-state index in [0.29, 0.717) is 9.54 Å². The molecule has 155 valence electrons. The van der Waals surface area contributed by atoms with Gasteiger partial charge in [-0.1, -0.05) is 0 Å². The second-order valence-corrected chi connectivity index (χ2v) is 15.2. The number of benzene rings is 2. The summed E-state index contributed by atoms with van der Waals surface area (Å²) in [6.07, 6.45) is 1.18. The first-order chi connectivity index (χ1) is 13.3. The molecule has 2 aromatic carbocycles. The topological polar surface area (TPSA) is 0 Å². The van der Waals surface area contributed by atoms with Gasteiger partial charge in [-0.15, -0.1) is 0 Å². The number of allylic oxidation sites excluding steroid dienone is 4. The predicted octanol–water partition coefficient (Wildman–Crippen LogP) is 0.0927. The molecule has 1 heterocycles. The van der Waals surface area contributed by atoms with E-state index < -0.39 is 7.38 Å². The first-order valence-electron chi connectivity index (χ1n) is 10.4. The summed E-state index contributed by atoms with van der Waals surface area (Å²) in [6.45, 7) is 11.6. The summed E-state index contributed by atoms with van der Waals surface area (Å²) in [5.74, 6) is 0.499. The van der Waals surface area contributed by atoms with Crippen LogP contribution in [0, 0.1) is 5.92 Å². The van der Waals surface area contributed by atoms with Gasteiger partial charge in [0.1, 0.15) is 0 Å². The van der Waals surface area contributed by atoms with Crippen LogP contribution in [0.1, 0.15) is 61.4 Å². The van der Waals surface area contributed by atoms with E-state index in [4.69, 9.17) is 11.1 Å². The minimum absolute atomic E-state index is 0. The average molecular weight is 552 g/mol. The van der Waals surface area contributed by atoms with E-state index in [9.17, 15) is 0 Å². The Kier molecular flexibility index (Phi) is 6.82. The molecule has 5 heteroatoms. The van der Waals surface area contributed by atoms with Crippen LogP contribution in [0.2, 0.25) is 6.04 Å². The normalized spacial score (nSPS) is 25.5. The van der Waals surface area contributed by atoms with Gasteiger partial charge in [0.05, 0.1) is 0 Å². The predicted molar refractivity (Wildman–Crippen MR) is 120 cm³/mol. The van der Waals surface area contributed by atoms with Crippen LogP contribution in [-0.4, -0.2) is 7.38 Å². The van der Waals surface area contributed by atoms with Gasteiger partial charge < -0.3 is 24.8 Å². The molecule has 0 amide bonds. The van der Waals surface area contributed by atoms with Crippen molar-refractivity contribution in [2.24, 2.45) is 5.92 Å². The zero-order valence-corrected chi connectivity index (χ0v) is 23.8. The van der Waals surface area contributed by atoms with E-state index in [-0.39, 0.29) is 24.8 Å². The maximum Gasteiger partial charge on any atom is -1.00 e. The van der Waals surface area contributed by atoms with Crippen molar-refractivity contribution in [3.63, 3.8) is 0 Å². The molecule has 2 aliphatic carbocycles. The van der Waals surface area contributed by atoms with Crippen LogP contribution < -0.4 is 35.2 Å². The first-order valence-corrected chi connectivity index (χ1v) is 15.1. The molecule has 1 aliphatic heterocycles. The zero-order valence-electron chi connectivity index (χ0n) is 18.1. The summed E-state index contributed by atoms with van der Waals surface area (Å²) in [7, 11) is -1.96. The Morgan fingerprint density at radius 1 is 0.967 bits per heavy atom. The Hall–Kier alpha value is -0.110. The Morgan fingerprint density at radius 3 is 2.23 bits per heavy atom. The number of halogens is 3. The first kappa shape index (κ1) is 24.5. The summed E-state index contributed by atoms with van der Waals surface area (Å²) in [4.78, 5) is 0. The standard InChI is InChI=1S/C25H26ClSi.2ClH.Zr/c1-6-11-27(26)24-21-12-18-9-7-8-10-19(18)20(21)13-22(25(24)27)23-16(4)14(2)15(3)17(23)5;;;/h7-10,12-13,16H,6,11H2,1-5H3;2*1H;/q;;;+2/p-2. The maximum atomic E-state index is 7.50. The third-order valence-electron chi connectivity index (χ3n) is 7.47. The summed E-state index contributed by atoms with van der Waals surface area (Å²) in [6, 6.07) is 12.8. The minimum atomic E-state index is -1.96. The monoisotopic (exact) mass is 549 g/mol. The summed E-state index contributed by atoms with van der Waals surface area (Å²) < 4.78 is 0.559. The van der Waals surface area contributed by atoms with Gasteiger partial charge in [0.25, 0.3) is 0 Å². The fourth-order valence-electron chi connectivity index (χ4n) is 5.70. The van der Waals surface area contributed by atoms with E-state index >= 15 is 0 Å². The molecule has 3 atom stereocenters. The zero-order chi connectivity index (χ0) is 20.0. The molecule has 0 nitrogen and oxygen atoms in total. The largest absolute Gasteiger partial charge is 1.00 e. The molecule has 0 radical (unpaired) electrons. The summed E-state index contributed by atoms with van der Waals surface area (Å²) >= 11 is 9.08. The quantitative estimate of drug-likeness (QED) is 0.375. The van der Waals surface area contributed by atoms with Crippen LogP contribution >= 0.6 is 11.1 Å². The van der Waals surface area contributed by atoms with Gasteiger partial charge >= 0.3 is 191 Å². The molecular formula is C25H26Cl3SiZr. The smallest absolute Gasteiger partial charge is 1.00 e. The third-order valence-corrected chi connectivity index (χ3v) is 14.2. The van der Waals surface area contributed by atoms with Gasteiger partial charge in [0.15, 0.2) is 0 Å². The number of hydrogen-bond acceptors (Lipinski definition) is 0. The third kappa shape index (κ3) is 3.08. The van der Waals surface area contributed by atoms with E-state index in [2.05, 4.69) is 65.0 Å². The molecule has 0 aromatic heterocycles. The Bertz CT molecular complexity index is 1120. The Morgan fingerprint density at radius 2 is 1.63 bits per heavy atom. The molecule has 0 spiro atoms. The van der Waals surface area contributed by atoms with Crippen molar-refractivity contribution in [3.05, 3.63) is 63.7 Å². The average Bonchev–Trinajstić information content (AvgIpc) is 3.12. The van der Waals surface area contributed by atoms with E-state index in [0.717, 1.165) is 0 Å². The van der Waals surface area contributed by atoms with Crippen molar-refractivity contribution < 1.29 is 49.5 Å². The molecule has 0 saturated heterocycles. The molecule has 0 saturated carbocycles. The van der Waals surface area contributed by atoms with Crippen LogP contribution in [-0.2, 0) is 24.7 Å². The molecule has 0 fully saturated rings. The molecule has 0 bridgehead atoms. The van der Waals surface area contributed by atoms with Gasteiger partial charge in [-0.3, -0.25) is 0 Å². The van der Waals surface area contributed by atoms with Crippen LogP contribution in [0.4, 0.5) is 0 Å². The van der Waals surface area contributed by atoms with E-state index in [1.54, 1.807) is 46.2 Å². The summed E-state index contributed by atoms with van der Waals surface area (Å²) in [5, 5.41) is 3.19. The molecular weight excluding hydrogens is 526 g/mol. The molecule has 0 N–H and O–H groups in total. The van der Waals surface area contributed by atoms with E-state index in [1.165, 1.54) is 51.4 Å². The summed E-state index contributed by atoms with van der Waals surface area (Å²) in [5.41, 5.74) is 13.6. The molecule has 3 unspecified atom stereocenters. The SMILES string of the molecule is CCC[Si]1(Cl)c2c(C3=C(C)C(C)=C(C)C3C)cc3c(c21)[CH]([Zr+2])c1ccccc1-3.[Cl-].[Cl-]. The van der Waals surface area contributed by atoms with Gasteiger partial charge in [-0.25, -0.2) is 0 Å². The fourth-order valence-corrected chi connectivity index (χ4v) is 13.1. The Balaban J connectivity index is 0.00000128. The van der Waals surface area contributed by atoms with Crippen LogP contribution in [0.5, 0.6) is 0 Å². The minimum Gasteiger partial charge on any atom is -1.00 e. The van der Waals surface area contributed by atoms with Gasteiger partial charge in [0, 0.05) is 0 Å². The number of rotatable bonds is 3. The molecule has 5 rings (SSSR count).